The SMILES string of the molecule is CNc1ccc(C)c(B(P(=O)(O)OO)P(=O)(O)OO)c1. The van der Waals surface area contributed by atoms with Gasteiger partial charge >= 0.3 is 21.1 Å². The van der Waals surface area contributed by atoms with E-state index >= 15 is 0 Å². The highest BCUT2D eigenvalue weighted by atomic mass is 31.2. The van der Waals surface area contributed by atoms with E-state index in [0.29, 0.717) is 11.3 Å². The number of benzene rings is 1. The van der Waals surface area contributed by atoms with Gasteiger partial charge in [-0.1, -0.05) is 11.6 Å². The van der Waals surface area contributed by atoms with Crippen LogP contribution < -0.4 is 10.8 Å². The summed E-state index contributed by atoms with van der Waals surface area (Å²) in [7, 11) is -8.37. The van der Waals surface area contributed by atoms with Gasteiger partial charge in [0.15, 0.2) is 0 Å². The first-order chi connectivity index (χ1) is 9.19. The van der Waals surface area contributed by atoms with Crippen LogP contribution in [0.25, 0.3) is 0 Å². The van der Waals surface area contributed by atoms with Gasteiger partial charge in [-0.3, -0.25) is 9.13 Å². The zero-order chi connectivity index (χ0) is 15.6. The summed E-state index contributed by atoms with van der Waals surface area (Å²) in [4.78, 5) is 19.1. The summed E-state index contributed by atoms with van der Waals surface area (Å²) < 4.78 is 30.4. The van der Waals surface area contributed by atoms with Gasteiger partial charge in [-0.15, -0.1) is 0 Å². The predicted molar refractivity (Wildman–Crippen MR) is 73.2 cm³/mol. The standard InChI is InChI=1S/C8H14BNO8P2/c1-6-3-4-7(10-2)5-8(6)9(19(13,14)17-11)20(15,16)18-12/h3-5,10-12H,1-2H3,(H,13,14)(H,15,16). The normalized spacial score (nSPS) is 17.1. The van der Waals surface area contributed by atoms with Gasteiger partial charge in [-0.25, -0.2) is 10.5 Å². The molecule has 5 N–H and O–H groups in total. The van der Waals surface area contributed by atoms with E-state index in [1.54, 1.807) is 13.1 Å². The summed E-state index contributed by atoms with van der Waals surface area (Å²) in [6.07, 6.45) is -2.15. The minimum Gasteiger partial charge on any atom is -0.388 e. The van der Waals surface area contributed by atoms with Crippen LogP contribution >= 0.6 is 14.9 Å². The first-order valence-corrected chi connectivity index (χ1v) is 8.58. The Bertz CT molecular complexity index is 558. The van der Waals surface area contributed by atoms with E-state index in [9.17, 15) is 18.9 Å². The lowest BCUT2D eigenvalue weighted by Crippen LogP contribution is -2.34. The summed E-state index contributed by atoms with van der Waals surface area (Å²) in [6.45, 7) is 1.51. The first kappa shape index (κ1) is 17.4. The summed E-state index contributed by atoms with van der Waals surface area (Å²) in [5, 5.41) is 19.7. The van der Waals surface area contributed by atoms with E-state index in [4.69, 9.17) is 10.5 Å². The van der Waals surface area contributed by atoms with Crippen molar-refractivity contribution in [3.8, 4) is 0 Å². The third-order valence-electron chi connectivity index (χ3n) is 2.70. The summed E-state index contributed by atoms with van der Waals surface area (Å²) >= 11 is 0. The molecule has 2 unspecified atom stereocenters. The Hall–Kier alpha value is -0.695. The number of rotatable bonds is 6. The van der Waals surface area contributed by atoms with Crippen molar-refractivity contribution in [3.63, 3.8) is 0 Å². The lowest BCUT2D eigenvalue weighted by Gasteiger charge is -2.21. The second-order valence-electron chi connectivity index (χ2n) is 3.99. The first-order valence-electron chi connectivity index (χ1n) is 5.29. The highest BCUT2D eigenvalue weighted by molar-refractivity contribution is 8.19. The van der Waals surface area contributed by atoms with Crippen LogP contribution in [-0.4, -0.2) is 33.5 Å². The molecule has 1 aromatic rings. The minimum absolute atomic E-state index is 0.0865. The topological polar surface area (TPSA) is 146 Å². The lowest BCUT2D eigenvalue weighted by molar-refractivity contribution is -0.144. The van der Waals surface area contributed by atoms with Gasteiger partial charge in [0.1, 0.15) is 0 Å². The maximum absolute atomic E-state index is 11.8. The van der Waals surface area contributed by atoms with Crippen LogP contribution in [0.4, 0.5) is 5.69 Å². The van der Waals surface area contributed by atoms with Crippen molar-refractivity contribution in [2.75, 3.05) is 12.4 Å². The zero-order valence-electron chi connectivity index (χ0n) is 10.6. The van der Waals surface area contributed by atoms with Crippen molar-refractivity contribution in [1.29, 1.82) is 0 Å². The van der Waals surface area contributed by atoms with E-state index < -0.39 is 21.1 Å². The van der Waals surface area contributed by atoms with Crippen LogP contribution in [-0.2, 0) is 18.5 Å². The second kappa shape index (κ2) is 6.38. The van der Waals surface area contributed by atoms with Gasteiger partial charge in [0.25, 0.3) is 0 Å². The Kier molecular flexibility index (Phi) is 5.54. The van der Waals surface area contributed by atoms with Crippen molar-refractivity contribution in [2.24, 2.45) is 0 Å². The molecule has 112 valence electrons. The average molecular weight is 325 g/mol. The fraction of sp³-hybridized carbons (Fsp3) is 0.250. The van der Waals surface area contributed by atoms with Crippen molar-refractivity contribution in [2.45, 2.75) is 6.92 Å². The van der Waals surface area contributed by atoms with Crippen molar-refractivity contribution in [1.82, 2.24) is 0 Å². The van der Waals surface area contributed by atoms with Gasteiger partial charge in [0.2, 0.25) is 0 Å². The molecule has 0 saturated heterocycles. The number of aryl methyl sites for hydroxylation is 1. The van der Waals surface area contributed by atoms with Crippen LogP contribution in [0.15, 0.2) is 18.2 Å². The Morgan fingerprint density at radius 2 is 1.65 bits per heavy atom. The van der Waals surface area contributed by atoms with E-state index in [0.717, 1.165) is 0 Å². The number of anilines is 1. The molecular weight excluding hydrogens is 311 g/mol. The van der Waals surface area contributed by atoms with Gasteiger partial charge in [0.05, 0.1) is 0 Å². The summed E-state index contributed by atoms with van der Waals surface area (Å²) in [5.74, 6) is 0. The van der Waals surface area contributed by atoms with Gasteiger partial charge in [-0.2, -0.15) is 9.35 Å². The molecule has 0 aliphatic carbocycles. The second-order valence-corrected chi connectivity index (χ2v) is 8.01. The molecule has 1 rings (SSSR count). The van der Waals surface area contributed by atoms with Crippen LogP contribution in [0, 0.1) is 6.92 Å². The molecule has 0 radical (unpaired) electrons. The van der Waals surface area contributed by atoms with Crippen molar-refractivity contribution >= 4 is 32.3 Å². The maximum Gasteiger partial charge on any atom is 0.463 e. The summed E-state index contributed by atoms with van der Waals surface area (Å²) in [6, 6.07) is 4.45. The van der Waals surface area contributed by atoms with E-state index in [1.807, 2.05) is 0 Å². The summed E-state index contributed by atoms with van der Waals surface area (Å²) in [5.41, 5.74) is 0.759. The van der Waals surface area contributed by atoms with Gasteiger partial charge < -0.3 is 15.1 Å². The van der Waals surface area contributed by atoms with Crippen molar-refractivity contribution < 1.29 is 38.8 Å². The van der Waals surface area contributed by atoms with Crippen LogP contribution in [0.5, 0.6) is 0 Å². The molecule has 0 amide bonds. The molecular formula is C8H14BNO8P2. The molecule has 9 nitrogen and oxygen atoms in total. The molecule has 0 aromatic heterocycles. The third kappa shape index (κ3) is 3.49. The van der Waals surface area contributed by atoms with Crippen molar-refractivity contribution in [3.05, 3.63) is 23.8 Å². The van der Waals surface area contributed by atoms with E-state index in [2.05, 4.69) is 14.7 Å². The van der Waals surface area contributed by atoms with Gasteiger partial charge in [-0.05, 0) is 24.5 Å². The molecule has 0 saturated carbocycles. The number of hydrogen-bond acceptors (Lipinski definition) is 7. The smallest absolute Gasteiger partial charge is 0.388 e. The molecule has 2 atom stereocenters. The Morgan fingerprint density at radius 1 is 1.15 bits per heavy atom. The molecule has 20 heavy (non-hydrogen) atoms. The van der Waals surface area contributed by atoms with Crippen LogP contribution in [0.3, 0.4) is 0 Å². The molecule has 0 spiro atoms. The Balaban J connectivity index is 3.54. The molecule has 0 aliphatic rings. The Morgan fingerprint density at radius 3 is 2.05 bits per heavy atom. The molecule has 0 fully saturated rings. The molecule has 1 aromatic carbocycles. The highest BCUT2D eigenvalue weighted by Gasteiger charge is 2.56. The van der Waals surface area contributed by atoms with E-state index in [1.165, 1.54) is 19.1 Å². The van der Waals surface area contributed by atoms with Crippen LogP contribution in [0.1, 0.15) is 5.56 Å². The van der Waals surface area contributed by atoms with Crippen LogP contribution in [0.2, 0.25) is 0 Å². The largest absolute Gasteiger partial charge is 0.463 e. The monoisotopic (exact) mass is 325 g/mol. The zero-order valence-corrected chi connectivity index (χ0v) is 12.4. The minimum atomic E-state index is -4.97. The fourth-order valence-corrected chi connectivity index (χ4v) is 4.87. The Labute approximate surface area is 115 Å². The number of nitrogens with one attached hydrogen (secondary N) is 1. The highest BCUT2D eigenvalue weighted by Crippen LogP contribution is 2.61. The molecule has 0 aliphatic heterocycles. The third-order valence-corrected chi connectivity index (χ3v) is 6.71. The molecule has 12 heteroatoms. The quantitative estimate of drug-likeness (QED) is 0.224. The molecule has 0 heterocycles. The maximum atomic E-state index is 11.8. The number of hydrogen-bond donors (Lipinski definition) is 5. The average Bonchev–Trinajstić information content (AvgIpc) is 2.40. The van der Waals surface area contributed by atoms with Gasteiger partial charge in [0, 0.05) is 12.7 Å². The molecule has 0 bridgehead atoms. The van der Waals surface area contributed by atoms with E-state index in [-0.39, 0.29) is 5.46 Å². The lowest BCUT2D eigenvalue weighted by atomic mass is 9.87. The predicted octanol–water partition coefficient (Wildman–Crippen LogP) is 1.08. The fourth-order valence-electron chi connectivity index (χ4n) is 1.70.